The summed E-state index contributed by atoms with van der Waals surface area (Å²) in [6.45, 7) is 0. The van der Waals surface area contributed by atoms with Gasteiger partial charge in [-0.05, 0) is 18.2 Å². The number of anilines is 1. The van der Waals surface area contributed by atoms with Crippen molar-refractivity contribution in [3.05, 3.63) is 30.5 Å². The number of rotatable bonds is 2. The van der Waals surface area contributed by atoms with Crippen molar-refractivity contribution in [3.8, 4) is 11.4 Å². The van der Waals surface area contributed by atoms with E-state index in [1.807, 2.05) is 43.0 Å². The zero-order valence-corrected chi connectivity index (χ0v) is 8.23. The van der Waals surface area contributed by atoms with Gasteiger partial charge in [-0.1, -0.05) is 6.07 Å². The fraction of sp³-hybridized carbons (Fsp3) is 0.200. The number of pyridine rings is 1. The molecule has 0 aliphatic carbocycles. The summed E-state index contributed by atoms with van der Waals surface area (Å²) >= 11 is 0. The predicted octanol–water partition coefficient (Wildman–Crippen LogP) is 1.52. The maximum absolute atomic E-state index is 4.42. The Balaban J connectivity index is 2.47. The quantitative estimate of drug-likeness (QED) is 0.777. The number of aromatic nitrogens is 3. The third-order valence-corrected chi connectivity index (χ3v) is 2.09. The topological polar surface area (TPSA) is 42.7 Å². The van der Waals surface area contributed by atoms with Crippen LogP contribution in [-0.4, -0.2) is 21.8 Å². The maximum atomic E-state index is 4.42. The molecule has 72 valence electrons. The van der Waals surface area contributed by atoms with Gasteiger partial charge in [0.25, 0.3) is 0 Å². The van der Waals surface area contributed by atoms with Crippen LogP contribution >= 0.6 is 0 Å². The molecule has 0 fully saturated rings. The van der Waals surface area contributed by atoms with Crippen molar-refractivity contribution < 1.29 is 0 Å². The number of aryl methyl sites for hydroxylation is 1. The number of hydrogen-bond acceptors (Lipinski definition) is 3. The standard InChI is InChI=1S/C10H12N4/c1-11-10-5-3-4-8(13-10)9-6-7-12-14(9)2/h3-7H,1-2H3,(H,11,13). The van der Waals surface area contributed by atoms with E-state index in [0.29, 0.717) is 0 Å². The molecule has 0 aliphatic rings. The zero-order valence-electron chi connectivity index (χ0n) is 8.23. The molecule has 2 aromatic rings. The molecule has 0 amide bonds. The lowest BCUT2D eigenvalue weighted by Gasteiger charge is -2.03. The highest BCUT2D eigenvalue weighted by atomic mass is 15.3. The Morgan fingerprint density at radius 1 is 1.29 bits per heavy atom. The van der Waals surface area contributed by atoms with Crippen LogP contribution in [0.25, 0.3) is 11.4 Å². The number of nitrogens with zero attached hydrogens (tertiary/aromatic N) is 3. The summed E-state index contributed by atoms with van der Waals surface area (Å²) in [6, 6.07) is 7.82. The van der Waals surface area contributed by atoms with E-state index in [2.05, 4.69) is 15.4 Å². The molecule has 2 aromatic heterocycles. The van der Waals surface area contributed by atoms with Crippen molar-refractivity contribution in [2.24, 2.45) is 7.05 Å². The van der Waals surface area contributed by atoms with E-state index in [-0.39, 0.29) is 0 Å². The van der Waals surface area contributed by atoms with Crippen LogP contribution in [0.1, 0.15) is 0 Å². The average molecular weight is 188 g/mol. The first-order valence-corrected chi connectivity index (χ1v) is 4.44. The van der Waals surface area contributed by atoms with Crippen molar-refractivity contribution in [1.82, 2.24) is 14.8 Å². The van der Waals surface area contributed by atoms with Crippen LogP contribution in [0.4, 0.5) is 5.82 Å². The summed E-state index contributed by atoms with van der Waals surface area (Å²) in [7, 11) is 3.76. The minimum Gasteiger partial charge on any atom is -0.373 e. The van der Waals surface area contributed by atoms with Gasteiger partial charge in [-0.2, -0.15) is 5.10 Å². The summed E-state index contributed by atoms with van der Waals surface area (Å²) in [5.41, 5.74) is 1.94. The van der Waals surface area contributed by atoms with Crippen LogP contribution in [0.15, 0.2) is 30.5 Å². The van der Waals surface area contributed by atoms with E-state index in [1.165, 1.54) is 0 Å². The SMILES string of the molecule is CNc1cccc(-c2ccnn2C)n1. The maximum Gasteiger partial charge on any atom is 0.126 e. The molecule has 0 aromatic carbocycles. The number of hydrogen-bond donors (Lipinski definition) is 1. The molecule has 2 heterocycles. The molecule has 4 nitrogen and oxygen atoms in total. The van der Waals surface area contributed by atoms with Crippen molar-refractivity contribution >= 4 is 5.82 Å². The molecular weight excluding hydrogens is 176 g/mol. The van der Waals surface area contributed by atoms with Gasteiger partial charge in [0.1, 0.15) is 5.82 Å². The van der Waals surface area contributed by atoms with E-state index in [4.69, 9.17) is 0 Å². The van der Waals surface area contributed by atoms with Crippen molar-refractivity contribution in [1.29, 1.82) is 0 Å². The van der Waals surface area contributed by atoms with Crippen molar-refractivity contribution in [2.75, 3.05) is 12.4 Å². The van der Waals surface area contributed by atoms with Gasteiger partial charge in [0.05, 0.1) is 11.4 Å². The molecule has 0 saturated carbocycles. The Bertz CT molecular complexity index is 433. The highest BCUT2D eigenvalue weighted by Crippen LogP contribution is 2.16. The highest BCUT2D eigenvalue weighted by Gasteiger charge is 2.03. The lowest BCUT2D eigenvalue weighted by atomic mass is 10.2. The molecule has 0 saturated heterocycles. The zero-order chi connectivity index (χ0) is 9.97. The summed E-state index contributed by atoms with van der Waals surface area (Å²) in [5, 5.41) is 7.11. The van der Waals surface area contributed by atoms with Crippen LogP contribution in [0.3, 0.4) is 0 Å². The third kappa shape index (κ3) is 1.46. The van der Waals surface area contributed by atoms with Gasteiger partial charge in [0.15, 0.2) is 0 Å². The first-order valence-electron chi connectivity index (χ1n) is 4.44. The lowest BCUT2D eigenvalue weighted by Crippen LogP contribution is -1.97. The van der Waals surface area contributed by atoms with E-state index in [0.717, 1.165) is 17.2 Å². The second-order valence-electron chi connectivity index (χ2n) is 3.00. The summed E-state index contributed by atoms with van der Waals surface area (Å²) in [4.78, 5) is 4.42. The summed E-state index contributed by atoms with van der Waals surface area (Å²) in [5.74, 6) is 0.865. The third-order valence-electron chi connectivity index (χ3n) is 2.09. The monoisotopic (exact) mass is 188 g/mol. The van der Waals surface area contributed by atoms with Gasteiger partial charge >= 0.3 is 0 Å². The van der Waals surface area contributed by atoms with Crippen LogP contribution < -0.4 is 5.32 Å². The first-order chi connectivity index (χ1) is 6.81. The van der Waals surface area contributed by atoms with Gasteiger partial charge in [0.2, 0.25) is 0 Å². The molecule has 0 unspecified atom stereocenters. The Kier molecular flexibility index (Phi) is 2.18. The van der Waals surface area contributed by atoms with Crippen LogP contribution in [-0.2, 0) is 7.05 Å². The Morgan fingerprint density at radius 2 is 2.14 bits per heavy atom. The number of nitrogens with one attached hydrogen (secondary N) is 1. The normalized spacial score (nSPS) is 10.1. The van der Waals surface area contributed by atoms with Crippen molar-refractivity contribution in [3.63, 3.8) is 0 Å². The molecule has 0 radical (unpaired) electrons. The average Bonchev–Trinajstić information content (AvgIpc) is 2.65. The Labute approximate surface area is 82.6 Å². The minimum absolute atomic E-state index is 0.865. The molecule has 0 bridgehead atoms. The molecule has 0 aliphatic heterocycles. The van der Waals surface area contributed by atoms with Gasteiger partial charge < -0.3 is 5.32 Å². The predicted molar refractivity (Wildman–Crippen MR) is 56.0 cm³/mol. The van der Waals surface area contributed by atoms with Gasteiger partial charge in [-0.25, -0.2) is 4.98 Å². The van der Waals surface area contributed by atoms with Gasteiger partial charge in [-0.3, -0.25) is 4.68 Å². The van der Waals surface area contributed by atoms with Gasteiger partial charge in [-0.15, -0.1) is 0 Å². The van der Waals surface area contributed by atoms with E-state index in [1.54, 1.807) is 6.20 Å². The second-order valence-corrected chi connectivity index (χ2v) is 3.00. The van der Waals surface area contributed by atoms with Gasteiger partial charge in [0, 0.05) is 20.3 Å². The Hall–Kier alpha value is -1.84. The fourth-order valence-corrected chi connectivity index (χ4v) is 1.34. The highest BCUT2D eigenvalue weighted by molar-refractivity contribution is 5.56. The fourth-order valence-electron chi connectivity index (χ4n) is 1.34. The van der Waals surface area contributed by atoms with E-state index < -0.39 is 0 Å². The largest absolute Gasteiger partial charge is 0.373 e. The molecule has 1 N–H and O–H groups in total. The van der Waals surface area contributed by atoms with Crippen LogP contribution in [0.2, 0.25) is 0 Å². The first kappa shape index (κ1) is 8.74. The smallest absolute Gasteiger partial charge is 0.126 e. The lowest BCUT2D eigenvalue weighted by molar-refractivity contribution is 0.773. The molecular formula is C10H12N4. The molecule has 14 heavy (non-hydrogen) atoms. The van der Waals surface area contributed by atoms with Crippen LogP contribution in [0, 0.1) is 0 Å². The molecule has 2 rings (SSSR count). The van der Waals surface area contributed by atoms with Crippen LogP contribution in [0.5, 0.6) is 0 Å². The van der Waals surface area contributed by atoms with Crippen molar-refractivity contribution in [2.45, 2.75) is 0 Å². The summed E-state index contributed by atoms with van der Waals surface area (Å²) in [6.07, 6.45) is 1.77. The minimum atomic E-state index is 0.865. The van der Waals surface area contributed by atoms with E-state index in [9.17, 15) is 0 Å². The summed E-state index contributed by atoms with van der Waals surface area (Å²) < 4.78 is 1.81. The second kappa shape index (κ2) is 3.49. The molecule has 4 heteroatoms. The molecule has 0 spiro atoms. The Morgan fingerprint density at radius 3 is 2.79 bits per heavy atom. The van der Waals surface area contributed by atoms with E-state index >= 15 is 0 Å². The molecule has 0 atom stereocenters.